The lowest BCUT2D eigenvalue weighted by Gasteiger charge is -2.34. The highest BCUT2D eigenvalue weighted by Gasteiger charge is 2.27. The number of aryl methyl sites for hydroxylation is 1. The van der Waals surface area contributed by atoms with Gasteiger partial charge < -0.3 is 14.7 Å². The van der Waals surface area contributed by atoms with Gasteiger partial charge in [0.25, 0.3) is 0 Å². The number of ether oxygens (including phenoxy) is 1. The molecule has 0 saturated carbocycles. The number of carbonyl (C=O) groups excluding carboxylic acids is 1. The van der Waals surface area contributed by atoms with Gasteiger partial charge in [-0.15, -0.1) is 0 Å². The molecule has 1 N–H and O–H groups in total. The van der Waals surface area contributed by atoms with Crippen molar-refractivity contribution in [2.75, 3.05) is 20.2 Å². The number of aliphatic hydroxyl groups is 1. The maximum Gasteiger partial charge on any atom is 0.222 e. The van der Waals surface area contributed by atoms with Crippen LogP contribution < -0.4 is 4.74 Å². The molecule has 1 amide bonds. The van der Waals surface area contributed by atoms with Crippen LogP contribution in [0.5, 0.6) is 5.75 Å². The molecule has 1 aliphatic rings. The van der Waals surface area contributed by atoms with Crippen molar-refractivity contribution in [1.82, 2.24) is 4.90 Å². The van der Waals surface area contributed by atoms with E-state index in [1.165, 1.54) is 0 Å². The smallest absolute Gasteiger partial charge is 0.222 e. The van der Waals surface area contributed by atoms with E-state index < -0.39 is 6.10 Å². The minimum atomic E-state index is -0.440. The van der Waals surface area contributed by atoms with Gasteiger partial charge in [-0.05, 0) is 48.4 Å². The molecule has 0 aromatic heterocycles. The molecule has 1 fully saturated rings. The van der Waals surface area contributed by atoms with Crippen LogP contribution in [0.3, 0.4) is 0 Å². The van der Waals surface area contributed by atoms with Crippen LogP contribution in [-0.4, -0.2) is 36.1 Å². The third-order valence-electron chi connectivity index (χ3n) is 5.24. The number of piperidine rings is 1. The number of likely N-dealkylation sites (tertiary alicyclic amines) is 1. The number of benzene rings is 2. The Balaban J connectivity index is 1.47. The van der Waals surface area contributed by atoms with Crippen molar-refractivity contribution in [3.8, 4) is 5.75 Å². The van der Waals surface area contributed by atoms with Gasteiger partial charge in [-0.25, -0.2) is 0 Å². The first-order valence-electron chi connectivity index (χ1n) is 9.31. The Kier molecular flexibility index (Phi) is 6.29. The van der Waals surface area contributed by atoms with E-state index in [-0.39, 0.29) is 11.8 Å². The molecule has 138 valence electrons. The van der Waals surface area contributed by atoms with Crippen molar-refractivity contribution < 1.29 is 14.6 Å². The van der Waals surface area contributed by atoms with E-state index in [1.807, 2.05) is 59.5 Å². The highest BCUT2D eigenvalue weighted by molar-refractivity contribution is 5.76. The number of rotatable bonds is 6. The van der Waals surface area contributed by atoms with E-state index in [4.69, 9.17) is 4.74 Å². The SMILES string of the molecule is COc1cccc(CCC(=O)N2CCC(C(O)c3ccccc3)CC2)c1. The van der Waals surface area contributed by atoms with E-state index in [0.29, 0.717) is 6.42 Å². The molecule has 3 rings (SSSR count). The highest BCUT2D eigenvalue weighted by atomic mass is 16.5. The summed E-state index contributed by atoms with van der Waals surface area (Å²) < 4.78 is 5.23. The molecular formula is C22H27NO3. The van der Waals surface area contributed by atoms with Gasteiger partial charge in [-0.1, -0.05) is 42.5 Å². The third kappa shape index (κ3) is 4.64. The number of hydrogen-bond donors (Lipinski definition) is 1. The first-order valence-corrected chi connectivity index (χ1v) is 9.31. The van der Waals surface area contributed by atoms with Crippen LogP contribution in [0.15, 0.2) is 54.6 Å². The molecule has 26 heavy (non-hydrogen) atoms. The number of aliphatic hydroxyl groups excluding tert-OH is 1. The Hall–Kier alpha value is -2.33. The fraction of sp³-hybridized carbons (Fsp3) is 0.409. The van der Waals surface area contributed by atoms with Crippen molar-refractivity contribution in [2.24, 2.45) is 5.92 Å². The summed E-state index contributed by atoms with van der Waals surface area (Å²) in [6.45, 7) is 1.46. The molecule has 4 heteroatoms. The lowest BCUT2D eigenvalue weighted by molar-refractivity contribution is -0.133. The van der Waals surface area contributed by atoms with Gasteiger partial charge in [0.2, 0.25) is 5.91 Å². The van der Waals surface area contributed by atoms with E-state index in [1.54, 1.807) is 7.11 Å². The van der Waals surface area contributed by atoms with Crippen LogP contribution in [0, 0.1) is 5.92 Å². The van der Waals surface area contributed by atoms with Gasteiger partial charge in [0.05, 0.1) is 13.2 Å². The van der Waals surface area contributed by atoms with Gasteiger partial charge in [-0.3, -0.25) is 4.79 Å². The zero-order chi connectivity index (χ0) is 18.4. The highest BCUT2D eigenvalue weighted by Crippen LogP contribution is 2.30. The van der Waals surface area contributed by atoms with Crippen LogP contribution in [0.25, 0.3) is 0 Å². The Morgan fingerprint density at radius 1 is 1.15 bits per heavy atom. The monoisotopic (exact) mass is 353 g/mol. The van der Waals surface area contributed by atoms with Crippen LogP contribution in [0.4, 0.5) is 0 Å². The van der Waals surface area contributed by atoms with Crippen LogP contribution >= 0.6 is 0 Å². The maximum atomic E-state index is 12.5. The summed E-state index contributed by atoms with van der Waals surface area (Å²) in [6.07, 6.45) is 2.49. The molecule has 0 aliphatic carbocycles. The van der Waals surface area contributed by atoms with Crippen molar-refractivity contribution >= 4 is 5.91 Å². The van der Waals surface area contributed by atoms with E-state index in [9.17, 15) is 9.90 Å². The predicted octanol–water partition coefficient (Wildman–Crippen LogP) is 3.60. The molecular weight excluding hydrogens is 326 g/mol. The summed E-state index contributed by atoms with van der Waals surface area (Å²) in [4.78, 5) is 14.4. The third-order valence-corrected chi connectivity index (χ3v) is 5.24. The largest absolute Gasteiger partial charge is 0.497 e. The van der Waals surface area contributed by atoms with Crippen molar-refractivity contribution in [3.63, 3.8) is 0 Å². The molecule has 1 aliphatic heterocycles. The molecule has 0 spiro atoms. The number of hydrogen-bond acceptors (Lipinski definition) is 3. The van der Waals surface area contributed by atoms with Crippen molar-refractivity contribution in [2.45, 2.75) is 31.8 Å². The van der Waals surface area contributed by atoms with E-state index in [2.05, 4.69) is 0 Å². The van der Waals surface area contributed by atoms with Gasteiger partial charge >= 0.3 is 0 Å². The summed E-state index contributed by atoms with van der Waals surface area (Å²) in [5, 5.41) is 10.6. The fourth-order valence-electron chi connectivity index (χ4n) is 3.62. The Labute approximate surface area is 155 Å². The van der Waals surface area contributed by atoms with Gasteiger partial charge in [-0.2, -0.15) is 0 Å². The minimum absolute atomic E-state index is 0.195. The minimum Gasteiger partial charge on any atom is -0.497 e. The van der Waals surface area contributed by atoms with E-state index >= 15 is 0 Å². The quantitative estimate of drug-likeness (QED) is 0.863. The Bertz CT molecular complexity index is 708. The zero-order valence-electron chi connectivity index (χ0n) is 15.3. The Morgan fingerprint density at radius 3 is 2.58 bits per heavy atom. The number of amides is 1. The standard InChI is InChI=1S/C22H27NO3/c1-26-20-9-5-6-17(16-20)10-11-21(24)23-14-12-19(13-15-23)22(25)18-7-3-2-4-8-18/h2-9,16,19,22,25H,10-15H2,1H3. The normalized spacial score (nSPS) is 16.3. The first kappa shape index (κ1) is 18.5. The second-order valence-electron chi connectivity index (χ2n) is 6.93. The molecule has 2 aromatic rings. The van der Waals surface area contributed by atoms with Gasteiger partial charge in [0.15, 0.2) is 0 Å². The molecule has 4 nitrogen and oxygen atoms in total. The molecule has 1 heterocycles. The summed E-state index contributed by atoms with van der Waals surface area (Å²) in [7, 11) is 1.65. The summed E-state index contributed by atoms with van der Waals surface area (Å²) in [5.74, 6) is 1.24. The summed E-state index contributed by atoms with van der Waals surface area (Å²) >= 11 is 0. The molecule has 1 atom stereocenters. The Morgan fingerprint density at radius 2 is 1.88 bits per heavy atom. The lowest BCUT2D eigenvalue weighted by atomic mass is 9.87. The molecule has 0 bridgehead atoms. The second-order valence-corrected chi connectivity index (χ2v) is 6.93. The average molecular weight is 353 g/mol. The van der Waals surface area contributed by atoms with Crippen LogP contribution in [0.1, 0.15) is 36.5 Å². The molecule has 1 saturated heterocycles. The summed E-state index contributed by atoms with van der Waals surface area (Å²) in [5.41, 5.74) is 2.09. The zero-order valence-corrected chi connectivity index (χ0v) is 15.3. The number of nitrogens with zero attached hydrogens (tertiary/aromatic N) is 1. The van der Waals surface area contributed by atoms with Crippen LogP contribution in [0.2, 0.25) is 0 Å². The summed E-state index contributed by atoms with van der Waals surface area (Å²) in [6, 6.07) is 17.7. The van der Waals surface area contributed by atoms with Crippen LogP contribution in [-0.2, 0) is 11.2 Å². The number of carbonyl (C=O) groups is 1. The first-order chi connectivity index (χ1) is 12.7. The lowest BCUT2D eigenvalue weighted by Crippen LogP contribution is -2.39. The molecule has 0 radical (unpaired) electrons. The van der Waals surface area contributed by atoms with Crippen molar-refractivity contribution in [3.05, 3.63) is 65.7 Å². The predicted molar refractivity (Wildman–Crippen MR) is 102 cm³/mol. The number of methoxy groups -OCH3 is 1. The molecule has 2 aromatic carbocycles. The van der Waals surface area contributed by atoms with Gasteiger partial charge in [0, 0.05) is 19.5 Å². The topological polar surface area (TPSA) is 49.8 Å². The van der Waals surface area contributed by atoms with Gasteiger partial charge in [0.1, 0.15) is 5.75 Å². The average Bonchev–Trinajstić information content (AvgIpc) is 2.72. The fourth-order valence-corrected chi connectivity index (χ4v) is 3.62. The second kappa shape index (κ2) is 8.86. The van der Waals surface area contributed by atoms with Crippen molar-refractivity contribution in [1.29, 1.82) is 0 Å². The van der Waals surface area contributed by atoms with E-state index in [0.717, 1.165) is 49.2 Å². The molecule has 1 unspecified atom stereocenters. The maximum absolute atomic E-state index is 12.5.